The maximum atomic E-state index is 13.2. The number of esters is 1. The molecule has 0 N–H and O–H groups in total. The lowest BCUT2D eigenvalue weighted by Gasteiger charge is -2.26. The Balaban J connectivity index is 2.05. The van der Waals surface area contributed by atoms with Crippen LogP contribution in [0.5, 0.6) is 0 Å². The zero-order chi connectivity index (χ0) is 19.6. The van der Waals surface area contributed by atoms with Crippen LogP contribution in [0.4, 0.5) is 0 Å². The van der Waals surface area contributed by atoms with E-state index in [2.05, 4.69) is 31.9 Å². The van der Waals surface area contributed by atoms with Crippen LogP contribution in [0.1, 0.15) is 18.5 Å². The van der Waals surface area contributed by atoms with E-state index in [-0.39, 0.29) is 18.0 Å². The molecule has 142 valence electrons. The SMILES string of the molecule is CCOC(=O)C1=CCN(S(=O)(=O)c2ccc(Br)cc2)C1c1ccc(Br)cc1. The molecular weight excluding hydrogens is 498 g/mol. The third kappa shape index (κ3) is 4.18. The number of nitrogens with zero attached hydrogens (tertiary/aromatic N) is 1. The van der Waals surface area contributed by atoms with Gasteiger partial charge in [0.1, 0.15) is 0 Å². The molecule has 2 aromatic rings. The molecule has 0 radical (unpaired) electrons. The van der Waals surface area contributed by atoms with Crippen molar-refractivity contribution in [1.29, 1.82) is 0 Å². The predicted molar refractivity (Wildman–Crippen MR) is 110 cm³/mol. The Bertz CT molecular complexity index is 970. The zero-order valence-electron chi connectivity index (χ0n) is 14.4. The van der Waals surface area contributed by atoms with Crippen molar-refractivity contribution in [3.05, 3.63) is 74.7 Å². The van der Waals surface area contributed by atoms with Crippen molar-refractivity contribution in [3.8, 4) is 0 Å². The van der Waals surface area contributed by atoms with E-state index in [0.29, 0.717) is 11.1 Å². The molecule has 1 atom stereocenters. The third-order valence-corrected chi connectivity index (χ3v) is 7.09. The first-order valence-electron chi connectivity index (χ1n) is 8.24. The molecule has 27 heavy (non-hydrogen) atoms. The fourth-order valence-electron chi connectivity index (χ4n) is 2.94. The number of hydrogen-bond acceptors (Lipinski definition) is 4. The van der Waals surface area contributed by atoms with E-state index < -0.39 is 22.0 Å². The molecule has 0 saturated heterocycles. The highest BCUT2D eigenvalue weighted by molar-refractivity contribution is 9.10. The van der Waals surface area contributed by atoms with Crippen molar-refractivity contribution in [3.63, 3.8) is 0 Å². The highest BCUT2D eigenvalue weighted by atomic mass is 79.9. The molecule has 0 spiro atoms. The Labute approximate surface area is 175 Å². The number of ether oxygens (including phenoxy) is 1. The van der Waals surface area contributed by atoms with Crippen molar-refractivity contribution in [2.45, 2.75) is 17.9 Å². The average Bonchev–Trinajstić information content (AvgIpc) is 3.09. The number of halogens is 2. The molecule has 1 unspecified atom stereocenters. The Morgan fingerprint density at radius 2 is 1.63 bits per heavy atom. The minimum Gasteiger partial charge on any atom is -0.463 e. The molecule has 0 saturated carbocycles. The topological polar surface area (TPSA) is 63.7 Å². The summed E-state index contributed by atoms with van der Waals surface area (Å²) in [7, 11) is -3.80. The van der Waals surface area contributed by atoms with Gasteiger partial charge in [-0.25, -0.2) is 13.2 Å². The smallest absolute Gasteiger partial charge is 0.335 e. The first kappa shape index (κ1) is 20.3. The second-order valence-corrected chi connectivity index (χ2v) is 9.58. The maximum absolute atomic E-state index is 13.2. The molecule has 0 aromatic heterocycles. The van der Waals surface area contributed by atoms with E-state index in [0.717, 1.165) is 8.95 Å². The van der Waals surface area contributed by atoms with Crippen LogP contribution in [0.2, 0.25) is 0 Å². The molecule has 8 heteroatoms. The van der Waals surface area contributed by atoms with Crippen LogP contribution < -0.4 is 0 Å². The molecule has 0 bridgehead atoms. The second kappa shape index (κ2) is 8.26. The first-order valence-corrected chi connectivity index (χ1v) is 11.3. The molecular formula is C19H17Br2NO4S. The minimum atomic E-state index is -3.80. The van der Waals surface area contributed by atoms with Gasteiger partial charge in [0.2, 0.25) is 10.0 Å². The van der Waals surface area contributed by atoms with Crippen LogP contribution in [-0.2, 0) is 19.6 Å². The minimum absolute atomic E-state index is 0.104. The average molecular weight is 515 g/mol. The van der Waals surface area contributed by atoms with E-state index in [1.54, 1.807) is 49.4 Å². The second-order valence-electron chi connectivity index (χ2n) is 5.86. The summed E-state index contributed by atoms with van der Waals surface area (Å²) in [6, 6.07) is 13.0. The van der Waals surface area contributed by atoms with Gasteiger partial charge < -0.3 is 4.74 Å². The van der Waals surface area contributed by atoms with Crippen LogP contribution in [0.15, 0.2) is 74.0 Å². The van der Waals surface area contributed by atoms with E-state index >= 15 is 0 Å². The lowest BCUT2D eigenvalue weighted by molar-refractivity contribution is -0.138. The van der Waals surface area contributed by atoms with Crippen LogP contribution in [0.3, 0.4) is 0 Å². The van der Waals surface area contributed by atoms with E-state index in [4.69, 9.17) is 4.74 Å². The summed E-state index contributed by atoms with van der Waals surface area (Å²) in [5, 5.41) is 0. The Morgan fingerprint density at radius 1 is 1.07 bits per heavy atom. The van der Waals surface area contributed by atoms with Gasteiger partial charge in [-0.3, -0.25) is 0 Å². The summed E-state index contributed by atoms with van der Waals surface area (Å²) in [6.07, 6.45) is 1.63. The van der Waals surface area contributed by atoms with Crippen LogP contribution >= 0.6 is 31.9 Å². The van der Waals surface area contributed by atoms with Gasteiger partial charge in [0, 0.05) is 15.5 Å². The fourth-order valence-corrected chi connectivity index (χ4v) is 5.00. The zero-order valence-corrected chi connectivity index (χ0v) is 18.4. The van der Waals surface area contributed by atoms with Gasteiger partial charge in [-0.1, -0.05) is 50.1 Å². The molecule has 0 amide bonds. The van der Waals surface area contributed by atoms with Crippen LogP contribution in [-0.4, -0.2) is 31.8 Å². The van der Waals surface area contributed by atoms with Crippen LogP contribution in [0.25, 0.3) is 0 Å². The molecule has 2 aromatic carbocycles. The van der Waals surface area contributed by atoms with Gasteiger partial charge in [0.25, 0.3) is 0 Å². The van der Waals surface area contributed by atoms with Crippen molar-refractivity contribution in [2.75, 3.05) is 13.2 Å². The van der Waals surface area contributed by atoms with Gasteiger partial charge in [0.05, 0.1) is 23.1 Å². The largest absolute Gasteiger partial charge is 0.463 e. The molecule has 1 aliphatic rings. The van der Waals surface area contributed by atoms with Gasteiger partial charge in [-0.05, 0) is 48.9 Å². The van der Waals surface area contributed by atoms with Crippen molar-refractivity contribution in [2.24, 2.45) is 0 Å². The summed E-state index contributed by atoms with van der Waals surface area (Å²) in [5.41, 5.74) is 1.04. The molecule has 0 fully saturated rings. The van der Waals surface area contributed by atoms with Gasteiger partial charge in [0.15, 0.2) is 0 Å². The molecule has 1 heterocycles. The first-order chi connectivity index (χ1) is 12.8. The standard InChI is InChI=1S/C19H17Br2NO4S/c1-2-26-19(23)17-11-12-22(18(17)13-3-5-14(20)6-4-13)27(24,25)16-9-7-15(21)8-10-16/h3-11,18H,2,12H2,1H3. The molecule has 1 aliphatic heterocycles. The quantitative estimate of drug-likeness (QED) is 0.553. The van der Waals surface area contributed by atoms with Crippen molar-refractivity contribution < 1.29 is 17.9 Å². The normalized spacial score (nSPS) is 17.6. The summed E-state index contributed by atoms with van der Waals surface area (Å²) < 4.78 is 34.6. The predicted octanol–water partition coefficient (Wildman–Crippen LogP) is 4.45. The van der Waals surface area contributed by atoms with E-state index in [9.17, 15) is 13.2 Å². The van der Waals surface area contributed by atoms with Crippen LogP contribution in [0, 0.1) is 0 Å². The fraction of sp³-hybridized carbons (Fsp3) is 0.211. The maximum Gasteiger partial charge on any atom is 0.335 e. The number of rotatable bonds is 5. The number of carbonyl (C=O) groups excluding carboxylic acids is 1. The highest BCUT2D eigenvalue weighted by Gasteiger charge is 2.40. The van der Waals surface area contributed by atoms with Gasteiger partial charge >= 0.3 is 5.97 Å². The Morgan fingerprint density at radius 3 is 2.19 bits per heavy atom. The highest BCUT2D eigenvalue weighted by Crippen LogP contribution is 2.38. The number of carbonyl (C=O) groups is 1. The summed E-state index contributed by atoms with van der Waals surface area (Å²) >= 11 is 6.69. The number of hydrogen-bond donors (Lipinski definition) is 0. The van der Waals surface area contributed by atoms with E-state index in [1.807, 2.05) is 12.1 Å². The lowest BCUT2D eigenvalue weighted by Crippen LogP contribution is -2.33. The van der Waals surface area contributed by atoms with Gasteiger partial charge in [-0.2, -0.15) is 4.31 Å². The molecule has 0 aliphatic carbocycles. The Hall–Kier alpha value is -1.48. The summed E-state index contributed by atoms with van der Waals surface area (Å²) in [5.74, 6) is -0.501. The van der Waals surface area contributed by atoms with E-state index in [1.165, 1.54) is 4.31 Å². The number of sulfonamides is 1. The van der Waals surface area contributed by atoms with Gasteiger partial charge in [-0.15, -0.1) is 0 Å². The van der Waals surface area contributed by atoms with Crippen molar-refractivity contribution in [1.82, 2.24) is 4.31 Å². The Kier molecular flexibility index (Phi) is 6.20. The number of benzene rings is 2. The summed E-state index contributed by atoms with van der Waals surface area (Å²) in [4.78, 5) is 12.6. The third-order valence-electron chi connectivity index (χ3n) is 4.19. The molecule has 3 rings (SSSR count). The monoisotopic (exact) mass is 513 g/mol. The lowest BCUT2D eigenvalue weighted by atomic mass is 10.0. The summed E-state index contributed by atoms with van der Waals surface area (Å²) in [6.45, 7) is 2.05. The molecule has 5 nitrogen and oxygen atoms in total. The van der Waals surface area contributed by atoms with Crippen molar-refractivity contribution >= 4 is 47.9 Å².